The number of nitrogens with one attached hydrogen (secondary N) is 1. The second-order valence-corrected chi connectivity index (χ2v) is 4.29. The third-order valence-corrected chi connectivity index (χ3v) is 2.82. The van der Waals surface area contributed by atoms with E-state index in [0.29, 0.717) is 6.42 Å². The fraction of sp³-hybridized carbons (Fsp3) is 0.385. The first-order valence-corrected chi connectivity index (χ1v) is 6.26. The van der Waals surface area contributed by atoms with Crippen molar-refractivity contribution in [1.29, 1.82) is 0 Å². The topological polar surface area (TPSA) is 119 Å². The molecule has 1 rings (SSSR count). The van der Waals surface area contributed by atoms with Gasteiger partial charge in [-0.2, -0.15) is 0 Å². The summed E-state index contributed by atoms with van der Waals surface area (Å²) in [6, 6.07) is 2.50. The third kappa shape index (κ3) is 4.16. The van der Waals surface area contributed by atoms with Gasteiger partial charge in [0.1, 0.15) is 11.8 Å². The Balaban J connectivity index is 3.01. The summed E-state index contributed by atoms with van der Waals surface area (Å²) in [5.41, 5.74) is -0.169. The summed E-state index contributed by atoms with van der Waals surface area (Å²) < 4.78 is 4.95. The smallest absolute Gasteiger partial charge is 0.326 e. The predicted molar refractivity (Wildman–Crippen MR) is 73.4 cm³/mol. The molecule has 0 saturated carbocycles. The van der Waals surface area contributed by atoms with Gasteiger partial charge in [0.05, 0.1) is 23.7 Å². The van der Waals surface area contributed by atoms with Gasteiger partial charge in [0.15, 0.2) is 0 Å². The Morgan fingerprint density at radius 2 is 2.14 bits per heavy atom. The van der Waals surface area contributed by atoms with Gasteiger partial charge in [0, 0.05) is 6.07 Å². The van der Waals surface area contributed by atoms with Gasteiger partial charge in [0.2, 0.25) is 0 Å². The van der Waals surface area contributed by atoms with Crippen LogP contribution in [0.25, 0.3) is 0 Å². The van der Waals surface area contributed by atoms with E-state index in [4.69, 9.17) is 9.84 Å². The Hall–Kier alpha value is -2.64. The highest BCUT2D eigenvalue weighted by Gasteiger charge is 2.22. The van der Waals surface area contributed by atoms with E-state index < -0.39 is 22.8 Å². The van der Waals surface area contributed by atoms with Gasteiger partial charge in [-0.05, 0) is 12.5 Å². The molecule has 0 unspecified atom stereocenters. The lowest BCUT2D eigenvalue weighted by atomic mass is 10.1. The molecular weight excluding hydrogens is 280 g/mol. The Bertz CT molecular complexity index is 558. The van der Waals surface area contributed by atoms with Crippen LogP contribution in [0, 0.1) is 10.1 Å². The molecule has 8 nitrogen and oxygen atoms in total. The van der Waals surface area contributed by atoms with Crippen LogP contribution in [-0.2, 0) is 4.79 Å². The van der Waals surface area contributed by atoms with Crippen LogP contribution in [0.5, 0.6) is 5.75 Å². The van der Waals surface area contributed by atoms with Gasteiger partial charge in [-0.15, -0.1) is 0 Å². The van der Waals surface area contributed by atoms with E-state index in [9.17, 15) is 19.7 Å². The molecule has 21 heavy (non-hydrogen) atoms. The molecule has 0 fully saturated rings. The number of nitro benzene ring substituents is 1. The number of ether oxygens (including phenoxy) is 1. The fourth-order valence-electron chi connectivity index (χ4n) is 1.76. The molecule has 0 aliphatic heterocycles. The number of amides is 1. The van der Waals surface area contributed by atoms with Gasteiger partial charge < -0.3 is 15.2 Å². The zero-order valence-corrected chi connectivity index (χ0v) is 11.7. The summed E-state index contributed by atoms with van der Waals surface area (Å²) in [4.78, 5) is 33.2. The number of nitrogens with zero attached hydrogens (tertiary/aromatic N) is 1. The van der Waals surface area contributed by atoms with Gasteiger partial charge in [-0.3, -0.25) is 14.9 Å². The molecule has 1 amide bonds. The minimum atomic E-state index is -1.13. The first kappa shape index (κ1) is 16.4. The molecule has 0 aliphatic rings. The molecule has 0 spiro atoms. The molecule has 1 aromatic carbocycles. The van der Waals surface area contributed by atoms with E-state index in [0.717, 1.165) is 12.1 Å². The van der Waals surface area contributed by atoms with Crippen LogP contribution in [0.3, 0.4) is 0 Å². The van der Waals surface area contributed by atoms with Crippen molar-refractivity contribution in [3.05, 3.63) is 33.9 Å². The van der Waals surface area contributed by atoms with Crippen LogP contribution in [0.2, 0.25) is 0 Å². The van der Waals surface area contributed by atoms with Gasteiger partial charge in [-0.1, -0.05) is 13.3 Å². The SMILES string of the molecule is CCC[C@H](NC(=O)c1ccc([N+](=O)[O-])cc1OC)C(=O)O. The highest BCUT2D eigenvalue weighted by molar-refractivity contribution is 5.99. The van der Waals surface area contributed by atoms with Crippen LogP contribution in [0.4, 0.5) is 5.69 Å². The zero-order valence-electron chi connectivity index (χ0n) is 11.7. The number of carbonyl (C=O) groups is 2. The van der Waals surface area contributed by atoms with E-state index in [2.05, 4.69) is 5.32 Å². The minimum absolute atomic E-state index is 0.0161. The molecule has 8 heteroatoms. The number of rotatable bonds is 7. The number of nitro groups is 1. The van der Waals surface area contributed by atoms with Crippen LogP contribution < -0.4 is 10.1 Å². The van der Waals surface area contributed by atoms with E-state index >= 15 is 0 Å². The number of benzene rings is 1. The summed E-state index contributed by atoms with van der Waals surface area (Å²) in [6.45, 7) is 1.80. The molecular formula is C13H16N2O6. The Labute approximate surface area is 120 Å². The molecule has 0 aromatic heterocycles. The average molecular weight is 296 g/mol. The monoisotopic (exact) mass is 296 g/mol. The number of carbonyl (C=O) groups excluding carboxylic acids is 1. The highest BCUT2D eigenvalue weighted by Crippen LogP contribution is 2.24. The van der Waals surface area contributed by atoms with E-state index in [1.54, 1.807) is 6.92 Å². The van der Waals surface area contributed by atoms with E-state index in [1.807, 2.05) is 0 Å². The summed E-state index contributed by atoms with van der Waals surface area (Å²) in [6.07, 6.45) is 0.880. The molecule has 0 saturated heterocycles. The molecule has 114 valence electrons. The van der Waals surface area contributed by atoms with Crippen LogP contribution in [0.15, 0.2) is 18.2 Å². The normalized spacial score (nSPS) is 11.5. The van der Waals surface area contributed by atoms with Gasteiger partial charge in [-0.25, -0.2) is 4.79 Å². The number of carboxylic acid groups (broad SMARTS) is 1. The van der Waals surface area contributed by atoms with Crippen molar-refractivity contribution in [2.45, 2.75) is 25.8 Å². The summed E-state index contributed by atoms with van der Waals surface area (Å²) >= 11 is 0. The quantitative estimate of drug-likeness (QED) is 0.582. The number of carboxylic acids is 1. The molecule has 0 radical (unpaired) electrons. The molecule has 0 aliphatic carbocycles. The first-order valence-electron chi connectivity index (χ1n) is 6.26. The van der Waals surface area contributed by atoms with Crippen molar-refractivity contribution in [1.82, 2.24) is 5.32 Å². The van der Waals surface area contributed by atoms with Crippen molar-refractivity contribution < 1.29 is 24.4 Å². The second-order valence-electron chi connectivity index (χ2n) is 4.29. The molecule has 1 atom stereocenters. The second kappa shape index (κ2) is 7.22. The lowest BCUT2D eigenvalue weighted by Crippen LogP contribution is -2.40. The van der Waals surface area contributed by atoms with E-state index in [1.165, 1.54) is 13.2 Å². The van der Waals surface area contributed by atoms with Crippen molar-refractivity contribution in [2.24, 2.45) is 0 Å². The predicted octanol–water partition coefficient (Wildman–Crippen LogP) is 1.59. The average Bonchev–Trinajstić information content (AvgIpc) is 2.45. The standard InChI is InChI=1S/C13H16N2O6/c1-3-4-10(13(17)18)14-12(16)9-6-5-8(15(19)20)7-11(9)21-2/h5-7,10H,3-4H2,1-2H3,(H,14,16)(H,17,18)/t10-/m0/s1. The highest BCUT2D eigenvalue weighted by atomic mass is 16.6. The molecule has 0 heterocycles. The lowest BCUT2D eigenvalue weighted by molar-refractivity contribution is -0.384. The molecule has 0 bridgehead atoms. The molecule has 2 N–H and O–H groups in total. The molecule has 1 aromatic rings. The van der Waals surface area contributed by atoms with Gasteiger partial charge >= 0.3 is 5.97 Å². The maximum absolute atomic E-state index is 12.1. The Kier molecular flexibility index (Phi) is 5.65. The van der Waals surface area contributed by atoms with Crippen molar-refractivity contribution in [2.75, 3.05) is 7.11 Å². The number of non-ortho nitro benzene ring substituents is 1. The third-order valence-electron chi connectivity index (χ3n) is 2.82. The largest absolute Gasteiger partial charge is 0.496 e. The first-order chi connectivity index (χ1) is 9.90. The van der Waals surface area contributed by atoms with Crippen molar-refractivity contribution in [3.63, 3.8) is 0 Å². The summed E-state index contributed by atoms with van der Waals surface area (Å²) in [5, 5.41) is 22.1. The van der Waals surface area contributed by atoms with Crippen LogP contribution in [-0.4, -0.2) is 35.1 Å². The summed E-state index contributed by atoms with van der Waals surface area (Å²) in [5.74, 6) is -1.77. The van der Waals surface area contributed by atoms with Crippen molar-refractivity contribution >= 4 is 17.6 Å². The van der Waals surface area contributed by atoms with Gasteiger partial charge in [0.25, 0.3) is 11.6 Å². The summed E-state index contributed by atoms with van der Waals surface area (Å²) in [7, 11) is 1.27. The number of hydrogen-bond acceptors (Lipinski definition) is 5. The lowest BCUT2D eigenvalue weighted by Gasteiger charge is -2.14. The van der Waals surface area contributed by atoms with E-state index in [-0.39, 0.29) is 23.4 Å². The minimum Gasteiger partial charge on any atom is -0.496 e. The number of hydrogen-bond donors (Lipinski definition) is 2. The Morgan fingerprint density at radius 3 is 2.62 bits per heavy atom. The van der Waals surface area contributed by atoms with Crippen LogP contribution >= 0.6 is 0 Å². The Morgan fingerprint density at radius 1 is 1.48 bits per heavy atom. The maximum atomic E-state index is 12.1. The van der Waals surface area contributed by atoms with Crippen molar-refractivity contribution in [3.8, 4) is 5.75 Å². The fourth-order valence-corrected chi connectivity index (χ4v) is 1.76. The number of aliphatic carboxylic acids is 1. The maximum Gasteiger partial charge on any atom is 0.326 e. The number of methoxy groups -OCH3 is 1. The van der Waals surface area contributed by atoms with Crippen LogP contribution in [0.1, 0.15) is 30.1 Å². The zero-order chi connectivity index (χ0) is 16.0.